The lowest BCUT2D eigenvalue weighted by molar-refractivity contribution is -0.136. The van der Waals surface area contributed by atoms with Gasteiger partial charge in [-0.05, 0) is 37.1 Å². The van der Waals surface area contributed by atoms with E-state index in [1.54, 1.807) is 29.2 Å². The van der Waals surface area contributed by atoms with Crippen LogP contribution in [0.15, 0.2) is 53.1 Å². The number of ether oxygens (including phenoxy) is 1. The average molecular weight is 413 g/mol. The van der Waals surface area contributed by atoms with Gasteiger partial charge in [0.25, 0.3) is 5.91 Å². The van der Waals surface area contributed by atoms with E-state index in [0.29, 0.717) is 10.6 Å². The van der Waals surface area contributed by atoms with Crippen LogP contribution in [0.3, 0.4) is 0 Å². The summed E-state index contributed by atoms with van der Waals surface area (Å²) in [7, 11) is 0. The van der Waals surface area contributed by atoms with E-state index in [9.17, 15) is 9.59 Å². The fraction of sp³-hybridized carbons (Fsp3) is 0.250. The summed E-state index contributed by atoms with van der Waals surface area (Å²) < 4.78 is 10.8. The van der Waals surface area contributed by atoms with Gasteiger partial charge in [0, 0.05) is 12.2 Å². The van der Waals surface area contributed by atoms with E-state index >= 15 is 0 Å². The van der Waals surface area contributed by atoms with Crippen molar-refractivity contribution < 1.29 is 18.7 Å². The van der Waals surface area contributed by atoms with E-state index in [2.05, 4.69) is 15.2 Å². The molecule has 0 bridgehead atoms. The Morgan fingerprint density at radius 1 is 1.14 bits per heavy atom. The third-order valence-electron chi connectivity index (χ3n) is 4.39. The second-order valence-corrected chi connectivity index (χ2v) is 6.93. The molecule has 0 atom stereocenters. The molecule has 3 aromatic rings. The highest BCUT2D eigenvalue weighted by atomic mass is 35.5. The van der Waals surface area contributed by atoms with E-state index in [0.717, 1.165) is 12.8 Å². The fourth-order valence-electron chi connectivity index (χ4n) is 2.78. The molecule has 0 aliphatic heterocycles. The molecule has 2 aromatic heterocycles. The largest absolute Gasteiger partial charge is 0.451 e. The van der Waals surface area contributed by atoms with Gasteiger partial charge in [-0.15, -0.1) is 10.2 Å². The molecule has 1 fully saturated rings. The molecule has 9 heteroatoms. The Hall–Kier alpha value is -3.26. The van der Waals surface area contributed by atoms with Crippen LogP contribution in [0, 0.1) is 0 Å². The summed E-state index contributed by atoms with van der Waals surface area (Å²) in [5.41, 5.74) is 0.779. The lowest BCUT2D eigenvalue weighted by atomic mass is 10.2. The van der Waals surface area contributed by atoms with Crippen molar-refractivity contribution in [1.29, 1.82) is 0 Å². The number of carbonyl (C=O) groups is 2. The molecule has 4 rings (SSSR count). The Morgan fingerprint density at radius 2 is 1.93 bits per heavy atom. The molecule has 148 valence electrons. The lowest BCUT2D eigenvalue weighted by Gasteiger charge is -2.20. The molecule has 1 aliphatic rings. The number of hydrogen-bond acceptors (Lipinski definition) is 7. The number of pyridine rings is 1. The topological polar surface area (TPSA) is 98.4 Å². The third kappa shape index (κ3) is 4.60. The van der Waals surface area contributed by atoms with Gasteiger partial charge in [0.2, 0.25) is 11.8 Å². The maximum Gasteiger partial charge on any atom is 0.357 e. The number of aromatic nitrogens is 3. The first-order valence-corrected chi connectivity index (χ1v) is 9.44. The van der Waals surface area contributed by atoms with Crippen molar-refractivity contribution in [3.63, 3.8) is 0 Å². The van der Waals surface area contributed by atoms with Crippen molar-refractivity contribution in [2.24, 2.45) is 0 Å². The van der Waals surface area contributed by atoms with Crippen molar-refractivity contribution in [2.45, 2.75) is 25.4 Å². The van der Waals surface area contributed by atoms with E-state index < -0.39 is 5.97 Å². The number of nitrogens with zero attached hydrogens (tertiary/aromatic N) is 4. The van der Waals surface area contributed by atoms with Crippen molar-refractivity contribution in [3.05, 3.63) is 65.3 Å². The number of benzene rings is 1. The summed E-state index contributed by atoms with van der Waals surface area (Å²) in [5.74, 6) is -0.394. The quantitative estimate of drug-likeness (QED) is 0.549. The van der Waals surface area contributed by atoms with Crippen LogP contribution in [-0.4, -0.2) is 44.6 Å². The van der Waals surface area contributed by atoms with Crippen LogP contribution in [-0.2, 0) is 16.1 Å². The van der Waals surface area contributed by atoms with E-state index in [4.69, 9.17) is 20.8 Å². The van der Waals surface area contributed by atoms with E-state index in [1.165, 1.54) is 12.3 Å². The number of carbonyl (C=O) groups excluding carboxylic acids is 2. The first-order chi connectivity index (χ1) is 14.1. The van der Waals surface area contributed by atoms with Crippen molar-refractivity contribution in [3.8, 4) is 11.5 Å². The molecule has 2 heterocycles. The Labute approximate surface area is 171 Å². The molecule has 1 aliphatic carbocycles. The van der Waals surface area contributed by atoms with Crippen LogP contribution >= 0.6 is 11.6 Å². The van der Waals surface area contributed by atoms with Crippen LogP contribution in [0.2, 0.25) is 5.02 Å². The van der Waals surface area contributed by atoms with Gasteiger partial charge in [0.1, 0.15) is 5.69 Å². The monoisotopic (exact) mass is 412 g/mol. The van der Waals surface area contributed by atoms with E-state index in [1.807, 2.05) is 12.1 Å². The summed E-state index contributed by atoms with van der Waals surface area (Å²) in [6.45, 7) is -0.237. The SMILES string of the molecule is O=C(OCC(=O)N(Cc1nnc(-c2ccccc2Cl)o1)C1CC1)c1ccccn1. The minimum atomic E-state index is -0.645. The molecular formula is C20H17ClN4O4. The normalized spacial score (nSPS) is 13.1. The summed E-state index contributed by atoms with van der Waals surface area (Å²) in [4.78, 5) is 30.1. The van der Waals surface area contributed by atoms with Gasteiger partial charge >= 0.3 is 5.97 Å². The molecule has 8 nitrogen and oxygen atoms in total. The van der Waals surface area contributed by atoms with Gasteiger partial charge in [0.05, 0.1) is 17.1 Å². The van der Waals surface area contributed by atoms with Gasteiger partial charge < -0.3 is 14.1 Å². The predicted molar refractivity (Wildman–Crippen MR) is 103 cm³/mol. The molecule has 0 unspecified atom stereocenters. The first kappa shape index (κ1) is 19.1. The third-order valence-corrected chi connectivity index (χ3v) is 4.72. The number of rotatable bonds is 7. The summed E-state index contributed by atoms with van der Waals surface area (Å²) in [5, 5.41) is 8.54. The van der Waals surface area contributed by atoms with Gasteiger partial charge in [0.15, 0.2) is 6.61 Å². The maximum atomic E-state index is 12.6. The molecule has 0 radical (unpaired) electrons. The number of hydrogen-bond donors (Lipinski definition) is 0. The summed E-state index contributed by atoms with van der Waals surface area (Å²) >= 11 is 6.16. The number of halogens is 1. The Balaban J connectivity index is 1.40. The molecule has 29 heavy (non-hydrogen) atoms. The molecule has 0 saturated heterocycles. The van der Waals surface area contributed by atoms with Gasteiger partial charge in [-0.3, -0.25) is 4.79 Å². The summed E-state index contributed by atoms with van der Waals surface area (Å²) in [6, 6.07) is 12.1. The van der Waals surface area contributed by atoms with Crippen molar-refractivity contribution in [2.75, 3.05) is 6.61 Å². The minimum absolute atomic E-state index is 0.0757. The highest BCUT2D eigenvalue weighted by molar-refractivity contribution is 6.33. The minimum Gasteiger partial charge on any atom is -0.451 e. The highest BCUT2D eigenvalue weighted by Crippen LogP contribution is 2.30. The van der Waals surface area contributed by atoms with Gasteiger partial charge in [-0.1, -0.05) is 29.8 Å². The molecule has 1 aromatic carbocycles. The second-order valence-electron chi connectivity index (χ2n) is 6.52. The lowest BCUT2D eigenvalue weighted by Crippen LogP contribution is -2.36. The van der Waals surface area contributed by atoms with Crippen LogP contribution in [0.4, 0.5) is 0 Å². The Kier molecular flexibility index (Phi) is 5.53. The molecular weight excluding hydrogens is 396 g/mol. The van der Waals surface area contributed by atoms with Crippen LogP contribution in [0.1, 0.15) is 29.2 Å². The van der Waals surface area contributed by atoms with Crippen LogP contribution in [0.5, 0.6) is 0 Å². The Bertz CT molecular complexity index is 1020. The number of amides is 1. The van der Waals surface area contributed by atoms with Gasteiger partial charge in [-0.25, -0.2) is 9.78 Å². The average Bonchev–Trinajstić information content (AvgIpc) is 3.49. The zero-order chi connectivity index (χ0) is 20.2. The van der Waals surface area contributed by atoms with Crippen LogP contribution < -0.4 is 0 Å². The second kappa shape index (κ2) is 8.40. The van der Waals surface area contributed by atoms with Crippen molar-refractivity contribution >= 4 is 23.5 Å². The van der Waals surface area contributed by atoms with Crippen molar-refractivity contribution in [1.82, 2.24) is 20.1 Å². The van der Waals surface area contributed by atoms with Crippen LogP contribution in [0.25, 0.3) is 11.5 Å². The summed E-state index contributed by atoms with van der Waals surface area (Å²) in [6.07, 6.45) is 3.25. The molecule has 1 amide bonds. The zero-order valence-electron chi connectivity index (χ0n) is 15.3. The fourth-order valence-corrected chi connectivity index (χ4v) is 3.00. The highest BCUT2D eigenvalue weighted by Gasteiger charge is 2.34. The molecule has 0 spiro atoms. The molecule has 0 N–H and O–H groups in total. The smallest absolute Gasteiger partial charge is 0.357 e. The Morgan fingerprint density at radius 3 is 2.66 bits per heavy atom. The standard InChI is InChI=1S/C20H17ClN4O4/c21-15-6-2-1-5-14(15)19-24-23-17(29-19)11-25(13-8-9-13)18(26)12-28-20(27)16-7-3-4-10-22-16/h1-7,10,13H,8-9,11-12H2. The zero-order valence-corrected chi connectivity index (χ0v) is 16.1. The maximum absolute atomic E-state index is 12.6. The van der Waals surface area contributed by atoms with Gasteiger partial charge in [-0.2, -0.15) is 0 Å². The number of esters is 1. The molecule has 1 saturated carbocycles. The first-order valence-electron chi connectivity index (χ1n) is 9.06. The predicted octanol–water partition coefficient (Wildman–Crippen LogP) is 3.13. The van der Waals surface area contributed by atoms with E-state index in [-0.39, 0.29) is 42.6 Å².